The van der Waals surface area contributed by atoms with E-state index in [0.717, 1.165) is 24.1 Å². The first kappa shape index (κ1) is 21.6. The number of piperidine rings is 1. The number of nitrogens with zero attached hydrogens (tertiary/aromatic N) is 1. The summed E-state index contributed by atoms with van der Waals surface area (Å²) >= 11 is 1.18. The van der Waals surface area contributed by atoms with Crippen molar-refractivity contribution in [3.8, 4) is 5.75 Å². The lowest BCUT2D eigenvalue weighted by Crippen LogP contribution is -2.35. The van der Waals surface area contributed by atoms with Gasteiger partial charge in [0.2, 0.25) is 0 Å². The van der Waals surface area contributed by atoms with Crippen LogP contribution in [-0.4, -0.2) is 31.7 Å². The highest BCUT2D eigenvalue weighted by Gasteiger charge is 2.27. The minimum Gasteiger partial charge on any atom is -0.489 e. The lowest BCUT2D eigenvalue weighted by Gasteiger charge is -2.25. The van der Waals surface area contributed by atoms with Gasteiger partial charge in [0, 0.05) is 23.5 Å². The van der Waals surface area contributed by atoms with Gasteiger partial charge < -0.3 is 14.5 Å². The highest BCUT2D eigenvalue weighted by molar-refractivity contribution is 7.91. The first-order valence-electron chi connectivity index (χ1n) is 10.2. The van der Waals surface area contributed by atoms with Gasteiger partial charge in [-0.15, -0.1) is 11.3 Å². The Morgan fingerprint density at radius 3 is 2.61 bits per heavy atom. The van der Waals surface area contributed by atoms with E-state index in [1.165, 1.54) is 17.6 Å². The number of benzene rings is 1. The highest BCUT2D eigenvalue weighted by Crippen LogP contribution is 2.27. The molecule has 0 spiro atoms. The van der Waals surface area contributed by atoms with Crippen molar-refractivity contribution < 1.29 is 22.4 Å². The molecule has 0 radical (unpaired) electrons. The number of furan rings is 1. The second-order valence-electron chi connectivity index (χ2n) is 7.24. The van der Waals surface area contributed by atoms with E-state index in [0.29, 0.717) is 28.6 Å². The molecule has 0 unspecified atom stereocenters. The van der Waals surface area contributed by atoms with E-state index in [2.05, 4.69) is 5.32 Å². The average Bonchev–Trinajstić information content (AvgIpc) is 3.47. The van der Waals surface area contributed by atoms with Crippen LogP contribution in [0, 0.1) is 0 Å². The number of sulfonamides is 1. The smallest absolute Gasteiger partial charge is 0.287 e. The van der Waals surface area contributed by atoms with E-state index in [1.807, 2.05) is 30.3 Å². The monoisotopic (exact) mass is 460 g/mol. The predicted octanol–water partition coefficient (Wildman–Crippen LogP) is 4.02. The zero-order valence-corrected chi connectivity index (χ0v) is 18.6. The molecule has 1 aliphatic rings. The number of nitrogens with one attached hydrogen (secondary N) is 1. The van der Waals surface area contributed by atoms with E-state index in [1.54, 1.807) is 22.5 Å². The van der Waals surface area contributed by atoms with Crippen LogP contribution >= 0.6 is 11.3 Å². The summed E-state index contributed by atoms with van der Waals surface area (Å²) in [5.41, 5.74) is 0.640. The Kier molecular flexibility index (Phi) is 6.74. The number of carbonyl (C=O) groups excluding carboxylic acids is 1. The molecule has 3 heterocycles. The molecule has 31 heavy (non-hydrogen) atoms. The van der Waals surface area contributed by atoms with Crippen molar-refractivity contribution in [3.05, 3.63) is 71.0 Å². The molecule has 1 fully saturated rings. The van der Waals surface area contributed by atoms with Crippen molar-refractivity contribution in [2.24, 2.45) is 0 Å². The lowest BCUT2D eigenvalue weighted by molar-refractivity contribution is 0.0920. The minimum absolute atomic E-state index is 0.189. The van der Waals surface area contributed by atoms with Crippen molar-refractivity contribution in [3.63, 3.8) is 0 Å². The molecule has 9 heteroatoms. The lowest BCUT2D eigenvalue weighted by atomic mass is 10.2. The van der Waals surface area contributed by atoms with Crippen LogP contribution in [0.3, 0.4) is 0 Å². The van der Waals surface area contributed by atoms with E-state index in [9.17, 15) is 13.2 Å². The molecule has 7 nitrogen and oxygen atoms in total. The summed E-state index contributed by atoms with van der Waals surface area (Å²) in [5, 5.41) is 2.80. The largest absolute Gasteiger partial charge is 0.489 e. The van der Waals surface area contributed by atoms with Gasteiger partial charge in [0.25, 0.3) is 15.9 Å². The molecular formula is C22H24N2O5S2. The van der Waals surface area contributed by atoms with Gasteiger partial charge >= 0.3 is 0 Å². The summed E-state index contributed by atoms with van der Waals surface area (Å²) in [6, 6.07) is 14.4. The van der Waals surface area contributed by atoms with E-state index in [-0.39, 0.29) is 24.8 Å². The predicted molar refractivity (Wildman–Crippen MR) is 118 cm³/mol. The zero-order valence-electron chi connectivity index (χ0n) is 17.0. The molecule has 2 aromatic heterocycles. The molecule has 3 aromatic rings. The van der Waals surface area contributed by atoms with Gasteiger partial charge in [-0.3, -0.25) is 4.79 Å². The molecule has 0 aliphatic carbocycles. The van der Waals surface area contributed by atoms with Crippen molar-refractivity contribution in [1.82, 2.24) is 9.62 Å². The summed E-state index contributed by atoms with van der Waals surface area (Å²) in [6.45, 7) is 1.57. The number of ether oxygens (including phenoxy) is 1. The van der Waals surface area contributed by atoms with Crippen LogP contribution in [-0.2, 0) is 23.2 Å². The number of rotatable bonds is 8. The Labute approximate surface area is 185 Å². The van der Waals surface area contributed by atoms with Gasteiger partial charge in [-0.2, -0.15) is 4.31 Å². The summed E-state index contributed by atoms with van der Waals surface area (Å²) in [5.74, 6) is 0.523. The topological polar surface area (TPSA) is 88.9 Å². The molecule has 1 aromatic carbocycles. The quantitative estimate of drug-likeness (QED) is 0.548. The van der Waals surface area contributed by atoms with Gasteiger partial charge in [-0.05, 0) is 43.2 Å². The van der Waals surface area contributed by atoms with Crippen molar-refractivity contribution in [2.75, 3.05) is 13.1 Å². The third kappa shape index (κ3) is 5.17. The van der Waals surface area contributed by atoms with Crippen LogP contribution in [0.5, 0.6) is 5.75 Å². The van der Waals surface area contributed by atoms with Gasteiger partial charge in [0.05, 0.1) is 12.8 Å². The van der Waals surface area contributed by atoms with Crippen LogP contribution in [0.25, 0.3) is 0 Å². The van der Waals surface area contributed by atoms with E-state index in [4.69, 9.17) is 9.15 Å². The van der Waals surface area contributed by atoms with E-state index < -0.39 is 10.0 Å². The normalized spacial score (nSPS) is 15.0. The Balaban J connectivity index is 1.35. The van der Waals surface area contributed by atoms with E-state index >= 15 is 0 Å². The molecule has 164 valence electrons. The summed E-state index contributed by atoms with van der Waals surface area (Å²) in [4.78, 5) is 13.3. The first-order chi connectivity index (χ1) is 15.0. The van der Waals surface area contributed by atoms with Gasteiger partial charge in [-0.1, -0.05) is 24.6 Å². The Bertz CT molecular complexity index is 1120. The molecule has 0 atom stereocenters. The number of carbonyl (C=O) groups is 1. The van der Waals surface area contributed by atoms with Crippen LogP contribution in [0.15, 0.2) is 63.4 Å². The maximum absolute atomic E-state index is 12.8. The molecule has 0 saturated carbocycles. The number of hydrogen-bond acceptors (Lipinski definition) is 6. The summed E-state index contributed by atoms with van der Waals surface area (Å²) in [6.07, 6.45) is 4.31. The average molecular weight is 461 g/mol. The third-order valence-electron chi connectivity index (χ3n) is 5.06. The van der Waals surface area contributed by atoms with Gasteiger partial charge in [-0.25, -0.2) is 8.42 Å². The number of para-hydroxylation sites is 1. The molecule has 0 bridgehead atoms. The summed E-state index contributed by atoms with van der Waals surface area (Å²) < 4.78 is 38.5. The number of thiophene rings is 1. The standard InChI is InChI=1S/C22H24N2O5S2/c25-22(21-17(11-14-28-21)16-29-18-7-3-1-4-8-18)23-15-19-9-10-20(30-19)31(26,27)24-12-5-2-6-13-24/h1,3-4,7-11,14H,2,5-6,12-13,15-16H2,(H,23,25). The minimum atomic E-state index is -3.46. The molecule has 1 N–H and O–H groups in total. The molecule has 4 rings (SSSR count). The molecule has 1 amide bonds. The van der Waals surface area contributed by atoms with Crippen LogP contribution in [0.2, 0.25) is 0 Å². The fourth-order valence-electron chi connectivity index (χ4n) is 3.40. The van der Waals surface area contributed by atoms with Crippen LogP contribution < -0.4 is 10.1 Å². The molecular weight excluding hydrogens is 436 g/mol. The van der Waals surface area contributed by atoms with Crippen LogP contribution in [0.4, 0.5) is 0 Å². The maximum atomic E-state index is 12.8. The second-order valence-corrected chi connectivity index (χ2v) is 10.6. The van der Waals surface area contributed by atoms with Gasteiger partial charge in [0.1, 0.15) is 16.6 Å². The Morgan fingerprint density at radius 1 is 1.06 bits per heavy atom. The van der Waals surface area contributed by atoms with Crippen molar-refractivity contribution in [2.45, 2.75) is 36.6 Å². The first-order valence-corrected chi connectivity index (χ1v) is 12.4. The fraction of sp³-hybridized carbons (Fsp3) is 0.318. The molecule has 1 saturated heterocycles. The SMILES string of the molecule is O=C(NCc1ccc(S(=O)(=O)N2CCCCC2)s1)c1occc1COc1ccccc1. The number of hydrogen-bond donors (Lipinski definition) is 1. The second kappa shape index (κ2) is 9.67. The number of amides is 1. The highest BCUT2D eigenvalue weighted by atomic mass is 32.2. The molecule has 1 aliphatic heterocycles. The van der Waals surface area contributed by atoms with Crippen molar-refractivity contribution >= 4 is 27.3 Å². The third-order valence-corrected chi connectivity index (χ3v) is 8.51. The van der Waals surface area contributed by atoms with Crippen molar-refractivity contribution in [1.29, 1.82) is 0 Å². The Morgan fingerprint density at radius 2 is 1.84 bits per heavy atom. The fourth-order valence-corrected chi connectivity index (χ4v) is 6.37. The maximum Gasteiger partial charge on any atom is 0.287 e. The Hall–Kier alpha value is -2.62. The summed E-state index contributed by atoms with van der Waals surface area (Å²) in [7, 11) is -3.46. The van der Waals surface area contributed by atoms with Crippen LogP contribution in [0.1, 0.15) is 40.3 Å². The van der Waals surface area contributed by atoms with Gasteiger partial charge in [0.15, 0.2) is 5.76 Å². The zero-order chi connectivity index (χ0) is 21.7.